The van der Waals surface area contributed by atoms with Gasteiger partial charge in [-0.25, -0.2) is 0 Å². The first-order valence-electron chi connectivity index (χ1n) is 3.41. The molecule has 0 atom stereocenters. The van der Waals surface area contributed by atoms with E-state index in [0.29, 0.717) is 4.32 Å². The highest BCUT2D eigenvalue weighted by Gasteiger charge is 1.98. The fourth-order valence-corrected chi connectivity index (χ4v) is 0. The molecule has 0 unspecified atom stereocenters. The topological polar surface area (TPSA) is 20.2 Å². The molecule has 0 fully saturated rings. The van der Waals surface area contributed by atoms with Crippen molar-refractivity contribution >= 4 is 15.9 Å². The monoisotopic (exact) mass is 210 g/mol. The van der Waals surface area contributed by atoms with Crippen LogP contribution in [0.2, 0.25) is 0 Å². The molecule has 0 bridgehead atoms. The lowest BCUT2D eigenvalue weighted by Crippen LogP contribution is -2.10. The maximum absolute atomic E-state index is 8.52. The Morgan fingerprint density at radius 2 is 0.900 bits per heavy atom. The molecule has 0 aromatic heterocycles. The molecule has 0 aliphatic rings. The van der Waals surface area contributed by atoms with Gasteiger partial charge in [-0.3, -0.25) is 0 Å². The second kappa shape index (κ2) is 4.35. The predicted molar refractivity (Wildman–Crippen MR) is 50.7 cm³/mol. The maximum Gasteiger partial charge on any atom is 0.0563 e. The fourth-order valence-electron chi connectivity index (χ4n) is 0. The zero-order valence-electron chi connectivity index (χ0n) is 7.83. The van der Waals surface area contributed by atoms with Crippen LogP contribution in [-0.4, -0.2) is 15.0 Å². The van der Waals surface area contributed by atoms with E-state index >= 15 is 0 Å². The third-order valence-corrected chi connectivity index (χ3v) is 0. The van der Waals surface area contributed by atoms with Gasteiger partial charge in [0.25, 0.3) is 0 Å². The molecule has 0 aromatic carbocycles. The highest BCUT2D eigenvalue weighted by molar-refractivity contribution is 9.10. The normalized spacial score (nSPS) is 12.0. The minimum Gasteiger partial charge on any atom is -0.391 e. The van der Waals surface area contributed by atoms with Crippen LogP contribution in [0.5, 0.6) is 0 Å². The SMILES string of the molecule is CC(C)(C)Br.CC(C)(C)O. The van der Waals surface area contributed by atoms with Crippen LogP contribution in [0.15, 0.2) is 0 Å². The Morgan fingerprint density at radius 1 is 0.900 bits per heavy atom. The number of alkyl halides is 1. The quantitative estimate of drug-likeness (QED) is 0.610. The molecule has 0 aliphatic carbocycles. The van der Waals surface area contributed by atoms with E-state index in [1.165, 1.54) is 0 Å². The molecule has 0 saturated heterocycles. The summed E-state index contributed by atoms with van der Waals surface area (Å²) in [4.78, 5) is 0. The Bertz CT molecular complexity index is 52.2. The van der Waals surface area contributed by atoms with E-state index in [0.717, 1.165) is 0 Å². The lowest BCUT2D eigenvalue weighted by molar-refractivity contribution is 0.102. The van der Waals surface area contributed by atoms with Gasteiger partial charge in [-0.2, -0.15) is 0 Å². The van der Waals surface area contributed by atoms with E-state index in [-0.39, 0.29) is 0 Å². The van der Waals surface area contributed by atoms with Crippen molar-refractivity contribution in [3.63, 3.8) is 0 Å². The molecule has 0 heterocycles. The number of halogens is 1. The number of rotatable bonds is 0. The molecule has 0 amide bonds. The second-order valence-corrected chi connectivity index (χ2v) is 6.62. The minimum atomic E-state index is -0.500. The third-order valence-electron chi connectivity index (χ3n) is 0. The summed E-state index contributed by atoms with van der Waals surface area (Å²) in [5.41, 5.74) is -0.500. The summed E-state index contributed by atoms with van der Waals surface area (Å²) in [6.07, 6.45) is 0. The Hall–Kier alpha value is 0.440. The average Bonchev–Trinajstić information content (AvgIpc) is 1.12. The molecule has 0 aromatic rings. The van der Waals surface area contributed by atoms with Gasteiger partial charge in [0.05, 0.1) is 5.60 Å². The Labute approximate surface area is 73.0 Å². The van der Waals surface area contributed by atoms with Crippen LogP contribution in [0.25, 0.3) is 0 Å². The zero-order chi connectivity index (χ0) is 9.00. The second-order valence-electron chi connectivity index (χ2n) is 4.24. The summed E-state index contributed by atoms with van der Waals surface area (Å²) in [6, 6.07) is 0. The van der Waals surface area contributed by atoms with Crippen LogP contribution < -0.4 is 0 Å². The van der Waals surface area contributed by atoms with E-state index in [1.54, 1.807) is 20.8 Å². The van der Waals surface area contributed by atoms with Crippen molar-refractivity contribution in [3.8, 4) is 0 Å². The van der Waals surface area contributed by atoms with Crippen LogP contribution >= 0.6 is 15.9 Å². The molecule has 0 aliphatic heterocycles. The summed E-state index contributed by atoms with van der Waals surface area (Å²) < 4.78 is 0.312. The van der Waals surface area contributed by atoms with Gasteiger partial charge in [-0.15, -0.1) is 0 Å². The highest BCUT2D eigenvalue weighted by Crippen LogP contribution is 2.11. The van der Waals surface area contributed by atoms with E-state index in [1.807, 2.05) is 0 Å². The number of aliphatic hydroxyl groups is 1. The largest absolute Gasteiger partial charge is 0.391 e. The van der Waals surface area contributed by atoms with Gasteiger partial charge in [0.1, 0.15) is 0 Å². The molecule has 64 valence electrons. The van der Waals surface area contributed by atoms with Gasteiger partial charge in [0.15, 0.2) is 0 Å². The minimum absolute atomic E-state index is 0.312. The van der Waals surface area contributed by atoms with Gasteiger partial charge in [-0.1, -0.05) is 36.7 Å². The van der Waals surface area contributed by atoms with Gasteiger partial charge >= 0.3 is 0 Å². The van der Waals surface area contributed by atoms with Crippen molar-refractivity contribution in [1.29, 1.82) is 0 Å². The first-order valence-corrected chi connectivity index (χ1v) is 4.21. The van der Waals surface area contributed by atoms with Crippen LogP contribution in [0, 0.1) is 0 Å². The molecular weight excluding hydrogens is 192 g/mol. The number of hydrogen-bond acceptors (Lipinski definition) is 1. The highest BCUT2D eigenvalue weighted by atomic mass is 79.9. The van der Waals surface area contributed by atoms with Crippen LogP contribution in [0.3, 0.4) is 0 Å². The molecule has 0 spiro atoms. The fraction of sp³-hybridized carbons (Fsp3) is 1.00. The van der Waals surface area contributed by atoms with Gasteiger partial charge in [0, 0.05) is 4.32 Å². The molecule has 0 saturated carbocycles. The Morgan fingerprint density at radius 3 is 0.900 bits per heavy atom. The average molecular weight is 211 g/mol. The van der Waals surface area contributed by atoms with Crippen molar-refractivity contribution in [2.24, 2.45) is 0 Å². The van der Waals surface area contributed by atoms with E-state index in [2.05, 4.69) is 36.7 Å². The molecule has 0 rings (SSSR count). The molecule has 2 heteroatoms. The van der Waals surface area contributed by atoms with E-state index in [4.69, 9.17) is 5.11 Å². The predicted octanol–water partition coefficient (Wildman–Crippen LogP) is 2.96. The third kappa shape index (κ3) is 2410. The first-order chi connectivity index (χ1) is 4.00. The standard InChI is InChI=1S/C4H9Br.C4H10O/c2*1-4(2,3)5/h1-3H3;5H,1-3H3. The molecule has 0 radical (unpaired) electrons. The molecule has 10 heavy (non-hydrogen) atoms. The van der Waals surface area contributed by atoms with Crippen molar-refractivity contribution in [1.82, 2.24) is 0 Å². The summed E-state index contributed by atoms with van der Waals surface area (Å²) in [5.74, 6) is 0. The molecular formula is C8H19BrO. The molecule has 1 N–H and O–H groups in total. The van der Waals surface area contributed by atoms with E-state index < -0.39 is 5.60 Å². The summed E-state index contributed by atoms with van der Waals surface area (Å²) in [5, 5.41) is 8.52. The first kappa shape index (κ1) is 13.1. The van der Waals surface area contributed by atoms with Gasteiger partial charge in [0.2, 0.25) is 0 Å². The van der Waals surface area contributed by atoms with Gasteiger partial charge in [-0.05, 0) is 20.8 Å². The smallest absolute Gasteiger partial charge is 0.0563 e. The van der Waals surface area contributed by atoms with Crippen molar-refractivity contribution in [2.75, 3.05) is 0 Å². The van der Waals surface area contributed by atoms with Crippen LogP contribution in [0.4, 0.5) is 0 Å². The maximum atomic E-state index is 8.52. The van der Waals surface area contributed by atoms with Crippen molar-refractivity contribution < 1.29 is 5.11 Å². The lowest BCUT2D eigenvalue weighted by Gasteiger charge is -2.04. The van der Waals surface area contributed by atoms with Crippen molar-refractivity contribution in [2.45, 2.75) is 51.5 Å². The van der Waals surface area contributed by atoms with E-state index in [9.17, 15) is 0 Å². The molecule has 1 nitrogen and oxygen atoms in total. The van der Waals surface area contributed by atoms with Crippen LogP contribution in [-0.2, 0) is 0 Å². The Balaban J connectivity index is 0. The summed E-state index contributed by atoms with van der Waals surface area (Å²) >= 11 is 3.38. The lowest BCUT2D eigenvalue weighted by atomic mass is 10.2. The zero-order valence-corrected chi connectivity index (χ0v) is 9.41. The summed E-state index contributed by atoms with van der Waals surface area (Å²) in [7, 11) is 0. The van der Waals surface area contributed by atoms with Crippen molar-refractivity contribution in [3.05, 3.63) is 0 Å². The summed E-state index contributed by atoms with van der Waals surface area (Å²) in [6.45, 7) is 11.5. The van der Waals surface area contributed by atoms with Crippen LogP contribution in [0.1, 0.15) is 41.5 Å². The number of hydrogen-bond donors (Lipinski definition) is 1. The Kier molecular flexibility index (Phi) is 5.68. The van der Waals surface area contributed by atoms with Gasteiger partial charge < -0.3 is 5.11 Å².